The number of fused-ring (bicyclic) bond motifs is 2. The number of hydrogen-bond acceptors (Lipinski definition) is 1. The molecule has 190 valence electrons. The van der Waals surface area contributed by atoms with Crippen LogP contribution in [-0.4, -0.2) is 0 Å². The highest BCUT2D eigenvalue weighted by molar-refractivity contribution is 7.99. The van der Waals surface area contributed by atoms with E-state index in [1.54, 1.807) is 0 Å². The molecule has 0 aliphatic carbocycles. The maximum atomic E-state index is 2.48. The third-order valence-corrected chi connectivity index (χ3v) is 9.73. The van der Waals surface area contributed by atoms with Gasteiger partial charge in [0.25, 0.3) is 0 Å². The van der Waals surface area contributed by atoms with Crippen molar-refractivity contribution in [3.63, 3.8) is 0 Å². The van der Waals surface area contributed by atoms with Crippen molar-refractivity contribution in [1.29, 1.82) is 0 Å². The maximum absolute atomic E-state index is 2.48. The Kier molecular flexibility index (Phi) is 4.93. The lowest BCUT2D eigenvalue weighted by Crippen LogP contribution is -1.98. The van der Waals surface area contributed by atoms with Crippen LogP contribution in [0, 0.1) is 0 Å². The van der Waals surface area contributed by atoms with E-state index in [1.807, 2.05) is 11.8 Å². The van der Waals surface area contributed by atoms with E-state index in [1.165, 1.54) is 86.6 Å². The minimum Gasteiger partial charge on any atom is -0.0887 e. The van der Waals surface area contributed by atoms with Crippen LogP contribution in [-0.2, 0) is 0 Å². The summed E-state index contributed by atoms with van der Waals surface area (Å²) < 4.78 is 0. The molecule has 0 saturated carbocycles. The third kappa shape index (κ3) is 3.36. The van der Waals surface area contributed by atoms with Crippen LogP contribution in [0.15, 0.2) is 155 Å². The molecule has 1 heteroatoms. The molecule has 0 aromatic heterocycles. The van der Waals surface area contributed by atoms with Gasteiger partial charge in [0.05, 0.1) is 0 Å². The Balaban J connectivity index is 1.54. The summed E-state index contributed by atoms with van der Waals surface area (Å²) in [6.07, 6.45) is 0. The van der Waals surface area contributed by atoms with Crippen LogP contribution in [0.25, 0.3) is 76.8 Å². The lowest BCUT2D eigenvalue weighted by molar-refractivity contribution is 1.40. The highest BCUT2D eigenvalue weighted by Crippen LogP contribution is 2.55. The van der Waals surface area contributed by atoms with Crippen LogP contribution in [0.2, 0.25) is 0 Å². The molecule has 0 amide bonds. The number of benzene rings is 8. The predicted molar refractivity (Wildman–Crippen MR) is 176 cm³/mol. The summed E-state index contributed by atoms with van der Waals surface area (Å²) in [7, 11) is 0. The molecule has 0 fully saturated rings. The predicted octanol–water partition coefficient (Wildman–Crippen LogP) is 11.7. The highest BCUT2D eigenvalue weighted by atomic mass is 32.2. The van der Waals surface area contributed by atoms with E-state index in [-0.39, 0.29) is 0 Å². The number of hydrogen-bond donors (Lipinski definition) is 0. The quantitative estimate of drug-likeness (QED) is 0.202. The van der Waals surface area contributed by atoms with Crippen molar-refractivity contribution in [2.45, 2.75) is 9.79 Å². The molecule has 0 bridgehead atoms. The Hall–Kier alpha value is -4.85. The van der Waals surface area contributed by atoms with Gasteiger partial charge in [0, 0.05) is 15.2 Å². The van der Waals surface area contributed by atoms with Gasteiger partial charge in [0.1, 0.15) is 0 Å². The summed E-state index contributed by atoms with van der Waals surface area (Å²) in [5.74, 6) is 0. The van der Waals surface area contributed by atoms with Crippen molar-refractivity contribution in [1.82, 2.24) is 0 Å². The Morgan fingerprint density at radius 3 is 1.44 bits per heavy atom. The summed E-state index contributed by atoms with van der Waals surface area (Å²) in [6.45, 7) is 0. The molecule has 1 aliphatic rings. The molecule has 0 atom stereocenters. The second-order valence-electron chi connectivity index (χ2n) is 10.8. The largest absolute Gasteiger partial charge is 0.0887 e. The van der Waals surface area contributed by atoms with Crippen molar-refractivity contribution >= 4 is 44.1 Å². The Morgan fingerprint density at radius 2 is 0.805 bits per heavy atom. The fourth-order valence-electron chi connectivity index (χ4n) is 6.82. The van der Waals surface area contributed by atoms with Crippen molar-refractivity contribution in [2.75, 3.05) is 0 Å². The molecule has 0 N–H and O–H groups in total. The molecule has 8 aromatic rings. The van der Waals surface area contributed by atoms with E-state index in [2.05, 4.69) is 146 Å². The summed E-state index contributed by atoms with van der Waals surface area (Å²) in [5.41, 5.74) is 10.3. The topological polar surface area (TPSA) is 0 Å². The van der Waals surface area contributed by atoms with Crippen molar-refractivity contribution < 1.29 is 0 Å². The zero-order chi connectivity index (χ0) is 26.9. The van der Waals surface area contributed by atoms with E-state index in [0.717, 1.165) is 0 Å². The van der Waals surface area contributed by atoms with Crippen molar-refractivity contribution in [3.8, 4) is 44.5 Å². The van der Waals surface area contributed by atoms with Crippen molar-refractivity contribution in [2.24, 2.45) is 0 Å². The summed E-state index contributed by atoms with van der Waals surface area (Å²) >= 11 is 1.91. The summed E-state index contributed by atoms with van der Waals surface area (Å²) in [4.78, 5) is 2.66. The van der Waals surface area contributed by atoms with Gasteiger partial charge in [-0.05, 0) is 95.7 Å². The molecule has 0 saturated heterocycles. The minimum atomic E-state index is 1.25. The van der Waals surface area contributed by atoms with Crippen LogP contribution >= 0.6 is 11.8 Å². The first kappa shape index (κ1) is 22.9. The van der Waals surface area contributed by atoms with E-state index < -0.39 is 0 Å². The minimum absolute atomic E-state index is 1.25. The van der Waals surface area contributed by atoms with E-state index in [4.69, 9.17) is 0 Å². The SMILES string of the molecule is c1ccc(-c2cc(-c3ccccc3)c3cc4c5c(cc(-c6ccccc6)c6ccc2c3c65)Sc2ccccc2-4)cc1. The van der Waals surface area contributed by atoms with Gasteiger partial charge in [-0.3, -0.25) is 0 Å². The fourth-order valence-corrected chi connectivity index (χ4v) is 7.99. The van der Waals surface area contributed by atoms with E-state index in [0.29, 0.717) is 0 Å². The van der Waals surface area contributed by atoms with Gasteiger partial charge in [-0.2, -0.15) is 0 Å². The molecule has 0 unspecified atom stereocenters. The average molecular weight is 537 g/mol. The Bertz CT molecular complexity index is 2250. The maximum Gasteiger partial charge on any atom is 0.0214 e. The van der Waals surface area contributed by atoms with Gasteiger partial charge in [-0.25, -0.2) is 0 Å². The first-order valence-corrected chi connectivity index (χ1v) is 14.9. The molecule has 0 spiro atoms. The average Bonchev–Trinajstić information content (AvgIpc) is 3.05. The smallest absolute Gasteiger partial charge is 0.0214 e. The molecule has 9 rings (SSSR count). The summed E-state index contributed by atoms with van der Waals surface area (Å²) in [5, 5.41) is 8.06. The molecule has 1 heterocycles. The number of rotatable bonds is 3. The molecular formula is C40H24S. The third-order valence-electron chi connectivity index (χ3n) is 8.62. The Labute approximate surface area is 243 Å². The molecule has 0 nitrogen and oxygen atoms in total. The summed E-state index contributed by atoms with van der Waals surface area (Å²) in [6, 6.07) is 53.6. The molecule has 41 heavy (non-hydrogen) atoms. The Morgan fingerprint density at radius 1 is 0.293 bits per heavy atom. The van der Waals surface area contributed by atoms with Crippen LogP contribution in [0.5, 0.6) is 0 Å². The highest BCUT2D eigenvalue weighted by Gasteiger charge is 2.26. The van der Waals surface area contributed by atoms with E-state index >= 15 is 0 Å². The molecule has 1 aliphatic heterocycles. The lowest BCUT2D eigenvalue weighted by atomic mass is 9.81. The monoisotopic (exact) mass is 536 g/mol. The zero-order valence-corrected chi connectivity index (χ0v) is 23.1. The van der Waals surface area contributed by atoms with Crippen molar-refractivity contribution in [3.05, 3.63) is 146 Å². The molecule has 8 aromatic carbocycles. The normalized spacial score (nSPS) is 12.3. The first-order valence-electron chi connectivity index (χ1n) is 14.1. The van der Waals surface area contributed by atoms with Gasteiger partial charge in [0.2, 0.25) is 0 Å². The molecular weight excluding hydrogens is 513 g/mol. The van der Waals surface area contributed by atoms with Crippen LogP contribution in [0.1, 0.15) is 0 Å². The fraction of sp³-hybridized carbons (Fsp3) is 0. The standard InChI is InChI=1S/C40H24S/c1-4-12-25(13-5-1)31-22-32(26-14-6-2-7-15-26)35-23-34-28-18-10-11-19-36(28)41-37-24-33(27-16-8-3-9-17-27)30-21-20-29(31)38(35)40(30)39(34)37/h1-24H. The van der Waals surface area contributed by atoms with Crippen LogP contribution in [0.4, 0.5) is 0 Å². The second kappa shape index (κ2) is 8.83. The van der Waals surface area contributed by atoms with Crippen LogP contribution < -0.4 is 0 Å². The van der Waals surface area contributed by atoms with Gasteiger partial charge >= 0.3 is 0 Å². The van der Waals surface area contributed by atoms with Gasteiger partial charge in [-0.1, -0.05) is 133 Å². The van der Waals surface area contributed by atoms with Gasteiger partial charge in [0.15, 0.2) is 0 Å². The second-order valence-corrected chi connectivity index (χ2v) is 11.9. The van der Waals surface area contributed by atoms with Crippen LogP contribution in [0.3, 0.4) is 0 Å². The van der Waals surface area contributed by atoms with E-state index in [9.17, 15) is 0 Å². The first-order chi connectivity index (χ1) is 20.3. The lowest BCUT2D eigenvalue weighted by Gasteiger charge is -2.26. The molecule has 0 radical (unpaired) electrons. The van der Waals surface area contributed by atoms with Gasteiger partial charge < -0.3 is 0 Å². The van der Waals surface area contributed by atoms with Gasteiger partial charge in [-0.15, -0.1) is 0 Å². The zero-order valence-electron chi connectivity index (χ0n) is 22.3.